The van der Waals surface area contributed by atoms with E-state index in [2.05, 4.69) is 34.1 Å². The molecule has 0 aliphatic heterocycles. The van der Waals surface area contributed by atoms with E-state index in [0.717, 1.165) is 38.2 Å². The molecule has 0 amide bonds. The Balaban J connectivity index is 1.94. The maximum absolute atomic E-state index is 5.70. The summed E-state index contributed by atoms with van der Waals surface area (Å²) in [5.74, 6) is 1.48. The molecule has 21 heavy (non-hydrogen) atoms. The van der Waals surface area contributed by atoms with Crippen LogP contribution in [0.1, 0.15) is 37.0 Å². The Kier molecular flexibility index (Phi) is 6.37. The van der Waals surface area contributed by atoms with Gasteiger partial charge in [0.2, 0.25) is 5.89 Å². The minimum atomic E-state index is 0.615. The minimum Gasteiger partial charge on any atom is -0.338 e. The molecule has 114 valence electrons. The Morgan fingerprint density at radius 1 is 1.19 bits per heavy atom. The van der Waals surface area contributed by atoms with Crippen LogP contribution in [-0.2, 0) is 19.5 Å². The number of nitrogens with two attached hydrogens (primary N) is 1. The van der Waals surface area contributed by atoms with Gasteiger partial charge in [-0.3, -0.25) is 4.90 Å². The van der Waals surface area contributed by atoms with Gasteiger partial charge in [0.15, 0.2) is 5.82 Å². The minimum absolute atomic E-state index is 0.615. The van der Waals surface area contributed by atoms with Crippen LogP contribution in [-0.4, -0.2) is 28.1 Å². The molecule has 2 aromatic rings. The van der Waals surface area contributed by atoms with E-state index in [0.29, 0.717) is 19.0 Å². The number of hydrogen-bond donors (Lipinski definition) is 1. The number of unbranched alkanes of at least 4 members (excludes halogenated alkanes) is 1. The van der Waals surface area contributed by atoms with Gasteiger partial charge in [-0.05, 0) is 12.0 Å². The van der Waals surface area contributed by atoms with Gasteiger partial charge >= 0.3 is 0 Å². The van der Waals surface area contributed by atoms with Crippen LogP contribution < -0.4 is 5.73 Å². The zero-order chi connectivity index (χ0) is 14.9. The largest absolute Gasteiger partial charge is 0.338 e. The van der Waals surface area contributed by atoms with E-state index < -0.39 is 0 Å². The first kappa shape index (κ1) is 15.7. The molecule has 0 saturated carbocycles. The molecule has 5 heteroatoms. The van der Waals surface area contributed by atoms with Crippen LogP contribution in [0, 0.1) is 0 Å². The highest BCUT2D eigenvalue weighted by molar-refractivity contribution is 5.14. The fraction of sp³-hybridized carbons (Fsp3) is 0.500. The van der Waals surface area contributed by atoms with Crippen molar-refractivity contribution in [2.24, 2.45) is 5.73 Å². The summed E-state index contributed by atoms with van der Waals surface area (Å²) in [6, 6.07) is 10.3. The summed E-state index contributed by atoms with van der Waals surface area (Å²) in [5, 5.41) is 4.03. The van der Waals surface area contributed by atoms with Gasteiger partial charge in [0, 0.05) is 26.1 Å². The van der Waals surface area contributed by atoms with E-state index in [1.807, 2.05) is 18.2 Å². The standard InChI is InChI=1S/C16H24N4O/c1-2-3-9-15-18-16(21-19-15)13-20(11-10-17)12-14-7-5-4-6-8-14/h4-8H,2-3,9-13,17H2,1H3. The normalized spacial score (nSPS) is 11.2. The van der Waals surface area contributed by atoms with Gasteiger partial charge < -0.3 is 10.3 Å². The lowest BCUT2D eigenvalue weighted by Gasteiger charge is -2.19. The van der Waals surface area contributed by atoms with Gasteiger partial charge in [0.05, 0.1) is 6.54 Å². The van der Waals surface area contributed by atoms with Gasteiger partial charge in [-0.1, -0.05) is 48.8 Å². The third-order valence-corrected chi connectivity index (χ3v) is 3.32. The zero-order valence-corrected chi connectivity index (χ0v) is 12.7. The Labute approximate surface area is 126 Å². The molecule has 0 fully saturated rings. The number of rotatable bonds is 9. The van der Waals surface area contributed by atoms with Crippen LogP contribution in [0.2, 0.25) is 0 Å². The second-order valence-corrected chi connectivity index (χ2v) is 5.19. The first-order chi connectivity index (χ1) is 10.3. The second kappa shape index (κ2) is 8.54. The highest BCUT2D eigenvalue weighted by atomic mass is 16.5. The van der Waals surface area contributed by atoms with Crippen molar-refractivity contribution in [3.8, 4) is 0 Å². The maximum Gasteiger partial charge on any atom is 0.240 e. The van der Waals surface area contributed by atoms with Crippen molar-refractivity contribution in [2.45, 2.75) is 39.3 Å². The average Bonchev–Trinajstić information content (AvgIpc) is 2.94. The van der Waals surface area contributed by atoms with Gasteiger partial charge in [-0.25, -0.2) is 0 Å². The van der Waals surface area contributed by atoms with Crippen LogP contribution in [0.15, 0.2) is 34.9 Å². The molecule has 2 rings (SSSR count). The van der Waals surface area contributed by atoms with Gasteiger partial charge in [-0.2, -0.15) is 4.98 Å². The summed E-state index contributed by atoms with van der Waals surface area (Å²) in [7, 11) is 0. The zero-order valence-electron chi connectivity index (χ0n) is 12.7. The lowest BCUT2D eigenvalue weighted by molar-refractivity contribution is 0.224. The van der Waals surface area contributed by atoms with E-state index >= 15 is 0 Å². The molecule has 0 spiro atoms. The van der Waals surface area contributed by atoms with Crippen LogP contribution in [0.25, 0.3) is 0 Å². The van der Waals surface area contributed by atoms with E-state index in [4.69, 9.17) is 10.3 Å². The van der Waals surface area contributed by atoms with Crippen molar-refractivity contribution >= 4 is 0 Å². The molecule has 0 aliphatic carbocycles. The summed E-state index contributed by atoms with van der Waals surface area (Å²) in [6.45, 7) is 5.06. The fourth-order valence-corrected chi connectivity index (χ4v) is 2.22. The van der Waals surface area contributed by atoms with Crippen molar-refractivity contribution in [3.63, 3.8) is 0 Å². The van der Waals surface area contributed by atoms with E-state index in [-0.39, 0.29) is 0 Å². The van der Waals surface area contributed by atoms with Crippen molar-refractivity contribution < 1.29 is 4.52 Å². The monoisotopic (exact) mass is 288 g/mol. The molecule has 0 atom stereocenters. The number of hydrogen-bond acceptors (Lipinski definition) is 5. The molecular formula is C16H24N4O. The third-order valence-electron chi connectivity index (χ3n) is 3.32. The molecule has 0 bridgehead atoms. The van der Waals surface area contributed by atoms with Gasteiger partial charge in [-0.15, -0.1) is 0 Å². The highest BCUT2D eigenvalue weighted by Gasteiger charge is 2.12. The molecule has 5 nitrogen and oxygen atoms in total. The number of aromatic nitrogens is 2. The molecule has 0 radical (unpaired) electrons. The average molecular weight is 288 g/mol. The number of nitrogens with zero attached hydrogens (tertiary/aromatic N) is 3. The first-order valence-electron chi connectivity index (χ1n) is 7.59. The van der Waals surface area contributed by atoms with Crippen molar-refractivity contribution in [1.82, 2.24) is 15.0 Å². The quantitative estimate of drug-likeness (QED) is 0.767. The summed E-state index contributed by atoms with van der Waals surface area (Å²) in [4.78, 5) is 6.68. The Bertz CT molecular complexity index is 512. The van der Waals surface area contributed by atoms with Crippen molar-refractivity contribution in [2.75, 3.05) is 13.1 Å². The molecule has 0 unspecified atom stereocenters. The fourth-order valence-electron chi connectivity index (χ4n) is 2.22. The molecule has 1 aromatic carbocycles. The van der Waals surface area contributed by atoms with Crippen molar-refractivity contribution in [3.05, 3.63) is 47.6 Å². The first-order valence-corrected chi connectivity index (χ1v) is 7.59. The lowest BCUT2D eigenvalue weighted by Crippen LogP contribution is -2.28. The van der Waals surface area contributed by atoms with Crippen molar-refractivity contribution in [1.29, 1.82) is 0 Å². The topological polar surface area (TPSA) is 68.2 Å². The molecular weight excluding hydrogens is 264 g/mol. The predicted octanol–water partition coefficient (Wildman–Crippen LogP) is 2.37. The second-order valence-electron chi connectivity index (χ2n) is 5.19. The van der Waals surface area contributed by atoms with E-state index in [1.165, 1.54) is 5.56 Å². The summed E-state index contributed by atoms with van der Waals surface area (Å²) >= 11 is 0. The Hall–Kier alpha value is -1.72. The Morgan fingerprint density at radius 3 is 2.71 bits per heavy atom. The molecule has 1 heterocycles. The molecule has 0 aliphatic rings. The molecule has 0 saturated heterocycles. The number of aryl methyl sites for hydroxylation is 1. The summed E-state index contributed by atoms with van der Waals surface area (Å²) < 4.78 is 5.33. The van der Waals surface area contributed by atoms with Crippen LogP contribution >= 0.6 is 0 Å². The Morgan fingerprint density at radius 2 is 2.00 bits per heavy atom. The summed E-state index contributed by atoms with van der Waals surface area (Å²) in [5.41, 5.74) is 6.96. The SMILES string of the molecule is CCCCc1noc(CN(CCN)Cc2ccccc2)n1. The summed E-state index contributed by atoms with van der Waals surface area (Å²) in [6.07, 6.45) is 3.11. The van der Waals surface area contributed by atoms with Crippen LogP contribution in [0.4, 0.5) is 0 Å². The van der Waals surface area contributed by atoms with Gasteiger partial charge in [0.1, 0.15) is 0 Å². The smallest absolute Gasteiger partial charge is 0.240 e. The van der Waals surface area contributed by atoms with E-state index in [9.17, 15) is 0 Å². The maximum atomic E-state index is 5.70. The molecule has 2 N–H and O–H groups in total. The van der Waals surface area contributed by atoms with Crippen LogP contribution in [0.5, 0.6) is 0 Å². The highest BCUT2D eigenvalue weighted by Crippen LogP contribution is 2.09. The van der Waals surface area contributed by atoms with Crippen LogP contribution in [0.3, 0.4) is 0 Å². The van der Waals surface area contributed by atoms with E-state index in [1.54, 1.807) is 0 Å². The molecule has 1 aromatic heterocycles. The number of benzene rings is 1. The third kappa shape index (κ3) is 5.28. The lowest BCUT2D eigenvalue weighted by atomic mass is 10.2. The van der Waals surface area contributed by atoms with Gasteiger partial charge in [0.25, 0.3) is 0 Å². The predicted molar refractivity (Wildman–Crippen MR) is 82.5 cm³/mol.